The lowest BCUT2D eigenvalue weighted by atomic mass is 9.63. The number of benzene rings is 1. The van der Waals surface area contributed by atoms with E-state index >= 15 is 0 Å². The first-order valence-corrected chi connectivity index (χ1v) is 16.1. The van der Waals surface area contributed by atoms with Crippen molar-refractivity contribution in [2.45, 2.75) is 76.4 Å². The quantitative estimate of drug-likeness (QED) is 0.215. The third-order valence-electron chi connectivity index (χ3n) is 9.45. The molecule has 0 heterocycles. The van der Waals surface area contributed by atoms with Gasteiger partial charge in [0.15, 0.2) is 18.2 Å². The predicted octanol–water partition coefficient (Wildman–Crippen LogP) is 4.32. The van der Waals surface area contributed by atoms with Crippen LogP contribution in [0.4, 0.5) is 13.2 Å². The first-order valence-electron chi connectivity index (χ1n) is 16.1. The van der Waals surface area contributed by atoms with Crippen LogP contribution in [-0.4, -0.2) is 87.4 Å². The van der Waals surface area contributed by atoms with Crippen molar-refractivity contribution >= 4 is 29.2 Å². The third kappa shape index (κ3) is 6.89. The number of alkyl halides is 3. The number of esters is 1. The molecule has 51 heavy (non-hydrogen) atoms. The molecule has 0 aromatic heterocycles. The second-order valence-electron chi connectivity index (χ2n) is 12.8. The van der Waals surface area contributed by atoms with Crippen LogP contribution in [-0.2, 0) is 23.9 Å². The Morgan fingerprint density at radius 3 is 2.39 bits per heavy atom. The first kappa shape index (κ1) is 37.3. The molecular weight excluding hydrogens is 683 g/mol. The van der Waals surface area contributed by atoms with Crippen molar-refractivity contribution in [3.8, 4) is 5.75 Å². The number of carbonyl (C=O) groups excluding carboxylic acids is 5. The highest BCUT2D eigenvalue weighted by molar-refractivity contribution is 6.19. The predicted molar refractivity (Wildman–Crippen MR) is 169 cm³/mol. The van der Waals surface area contributed by atoms with E-state index in [0.717, 1.165) is 0 Å². The van der Waals surface area contributed by atoms with Gasteiger partial charge in [0.05, 0.1) is 42.4 Å². The summed E-state index contributed by atoms with van der Waals surface area (Å²) in [4.78, 5) is 65.1. The molecular formula is C35H36F3NO12. The fourth-order valence-corrected chi connectivity index (χ4v) is 6.89. The molecule has 16 heteroatoms. The monoisotopic (exact) mass is 719 g/mol. The molecule has 1 aromatic carbocycles. The van der Waals surface area contributed by atoms with E-state index in [1.54, 1.807) is 5.32 Å². The number of halogens is 3. The molecule has 4 aliphatic carbocycles. The minimum Gasteiger partial charge on any atom is -0.511 e. The van der Waals surface area contributed by atoms with Gasteiger partial charge in [-0.1, -0.05) is 25.5 Å². The summed E-state index contributed by atoms with van der Waals surface area (Å²) in [6.45, 7) is 2.27. The van der Waals surface area contributed by atoms with E-state index in [0.29, 0.717) is 12.8 Å². The lowest BCUT2D eigenvalue weighted by Crippen LogP contribution is -2.52. The summed E-state index contributed by atoms with van der Waals surface area (Å²) in [6, 6.07) is 4.23. The molecule has 5 rings (SSSR count). The Morgan fingerprint density at radius 1 is 1.06 bits per heavy atom. The number of hydrogen-bond acceptors (Lipinski definition) is 12. The largest absolute Gasteiger partial charge is 0.511 e. The van der Waals surface area contributed by atoms with Gasteiger partial charge in [0.25, 0.3) is 0 Å². The van der Waals surface area contributed by atoms with Crippen molar-refractivity contribution in [2.24, 2.45) is 11.8 Å². The smallest absolute Gasteiger partial charge is 0.471 e. The number of methoxy groups -OCH3 is 1. The maximum absolute atomic E-state index is 13.9. The highest BCUT2D eigenvalue weighted by Gasteiger charge is 2.56. The number of allylic oxidation sites excluding steroid dienone is 3. The van der Waals surface area contributed by atoms with Crippen molar-refractivity contribution < 1.29 is 71.8 Å². The van der Waals surface area contributed by atoms with E-state index in [4.69, 9.17) is 14.2 Å². The van der Waals surface area contributed by atoms with Crippen molar-refractivity contribution in [2.75, 3.05) is 13.7 Å². The molecule has 0 saturated heterocycles. The molecule has 5 N–H and O–H groups in total. The topological polar surface area (TPSA) is 206 Å². The van der Waals surface area contributed by atoms with Gasteiger partial charge in [0, 0.05) is 42.4 Å². The van der Waals surface area contributed by atoms with Gasteiger partial charge in [0.1, 0.15) is 28.6 Å². The van der Waals surface area contributed by atoms with Crippen LogP contribution < -0.4 is 10.1 Å². The zero-order valence-electron chi connectivity index (χ0n) is 27.8. The number of ketones is 3. The maximum atomic E-state index is 13.9. The number of hydrogen-bond donors (Lipinski definition) is 5. The molecule has 0 aliphatic heterocycles. The fraction of sp³-hybridized carbons (Fsp3) is 0.457. The van der Waals surface area contributed by atoms with Gasteiger partial charge < -0.3 is 40.0 Å². The minimum atomic E-state index is -5.29. The zero-order chi connectivity index (χ0) is 37.6. The average Bonchev–Trinajstić information content (AvgIpc) is 3.07. The van der Waals surface area contributed by atoms with Crippen molar-refractivity contribution in [3.63, 3.8) is 0 Å². The lowest BCUT2D eigenvalue weighted by Gasteiger charge is -2.44. The number of aliphatic hydroxyl groups excluding tert-OH is 3. The number of fused-ring (bicyclic) bond motifs is 3. The summed E-state index contributed by atoms with van der Waals surface area (Å²) in [5.74, 6) is -11.1. The molecule has 0 bridgehead atoms. The van der Waals surface area contributed by atoms with Crippen LogP contribution >= 0.6 is 0 Å². The van der Waals surface area contributed by atoms with E-state index < -0.39 is 114 Å². The van der Waals surface area contributed by atoms with Crippen LogP contribution in [0.2, 0.25) is 0 Å². The average molecular weight is 720 g/mol. The molecule has 0 radical (unpaired) electrons. The third-order valence-corrected chi connectivity index (χ3v) is 9.45. The van der Waals surface area contributed by atoms with Gasteiger partial charge in [-0.3, -0.25) is 24.0 Å². The van der Waals surface area contributed by atoms with Gasteiger partial charge in [-0.15, -0.1) is 0 Å². The molecule has 1 saturated carbocycles. The first-order chi connectivity index (χ1) is 23.9. The molecule has 13 nitrogen and oxygen atoms in total. The second-order valence-corrected chi connectivity index (χ2v) is 12.8. The number of Topliss-reactive ketones (excluding diaryl/α,β-unsaturated/α-hetero) is 3. The normalized spacial score (nSPS) is 26.2. The van der Waals surface area contributed by atoms with Gasteiger partial charge in [-0.05, 0) is 31.1 Å². The number of ether oxygens (including phenoxy) is 3. The Morgan fingerprint density at radius 2 is 1.75 bits per heavy atom. The summed E-state index contributed by atoms with van der Waals surface area (Å²) in [7, 11) is 1.27. The number of carbonyl (C=O) groups is 5. The van der Waals surface area contributed by atoms with Gasteiger partial charge in [0.2, 0.25) is 5.78 Å². The molecule has 5 atom stereocenters. The van der Waals surface area contributed by atoms with Crippen LogP contribution in [0.15, 0.2) is 64.0 Å². The standard InChI is InChI=1S/C35H36F3NO12/c1-4-5-9-23(41)50-14-22(40)34(48)12-18-25(21(13-34)51-16-10-15(2)28(42)19(11-16)39-33(47)35(36,37)38)32(46)27-26(30(18)44)29(43)17-7-6-8-20(49-3)24(17)31(27)45/h6-8,10,16,21,26-27,42,44,46,48H,4-5,9,11-14H2,1-3H3,(H,39,47)/t16-,21?,26?,27?,34+/m1/s1. The number of aliphatic hydroxyl groups is 4. The number of rotatable bonds is 10. The summed E-state index contributed by atoms with van der Waals surface area (Å²) in [6.07, 6.45) is -7.64. The van der Waals surface area contributed by atoms with Crippen LogP contribution in [0, 0.1) is 11.8 Å². The van der Waals surface area contributed by atoms with Crippen molar-refractivity contribution in [1.82, 2.24) is 5.32 Å². The van der Waals surface area contributed by atoms with Crippen LogP contribution in [0.5, 0.6) is 5.75 Å². The lowest BCUT2D eigenvalue weighted by molar-refractivity contribution is -0.172. The fourth-order valence-electron chi connectivity index (χ4n) is 6.89. The summed E-state index contributed by atoms with van der Waals surface area (Å²) in [5, 5.41) is 47.3. The molecule has 274 valence electrons. The molecule has 3 unspecified atom stereocenters. The molecule has 4 aliphatic rings. The Balaban J connectivity index is 1.56. The number of nitrogens with one attached hydrogen (secondary N) is 1. The Labute approximate surface area is 289 Å². The van der Waals surface area contributed by atoms with Crippen LogP contribution in [0.1, 0.15) is 73.1 Å². The number of amides is 1. The van der Waals surface area contributed by atoms with E-state index in [9.17, 15) is 57.6 Å². The summed E-state index contributed by atoms with van der Waals surface area (Å²) < 4.78 is 55.7. The van der Waals surface area contributed by atoms with Crippen LogP contribution in [0.25, 0.3) is 0 Å². The van der Waals surface area contributed by atoms with Crippen molar-refractivity contribution in [3.05, 3.63) is 75.1 Å². The maximum Gasteiger partial charge on any atom is 0.471 e. The van der Waals surface area contributed by atoms with Gasteiger partial charge >= 0.3 is 18.1 Å². The van der Waals surface area contributed by atoms with E-state index in [1.165, 1.54) is 38.3 Å². The summed E-state index contributed by atoms with van der Waals surface area (Å²) in [5.41, 5.74) is -3.81. The zero-order valence-corrected chi connectivity index (χ0v) is 27.8. The highest BCUT2D eigenvalue weighted by Crippen LogP contribution is 2.52. The van der Waals surface area contributed by atoms with E-state index in [1.807, 2.05) is 6.92 Å². The molecule has 1 aromatic rings. The molecule has 1 amide bonds. The van der Waals surface area contributed by atoms with Crippen molar-refractivity contribution in [1.29, 1.82) is 0 Å². The van der Waals surface area contributed by atoms with Crippen LogP contribution in [0.3, 0.4) is 0 Å². The number of unbranched alkanes of at least 4 members (excludes halogenated alkanes) is 1. The Hall–Kier alpha value is -4.96. The molecule has 1 fully saturated rings. The SMILES string of the molecule is CCCCC(=O)OCC(=O)[C@]1(O)CC2=C(O)C3C(=O)c4cccc(OC)c4C(=O)C3C(O)=C2C(O[C@@H]2C=C(C)C(O)=C(NC(=O)C(F)(F)F)C2)C1. The second kappa shape index (κ2) is 14.0. The Kier molecular flexibility index (Phi) is 10.2. The highest BCUT2D eigenvalue weighted by atomic mass is 19.4. The molecule has 0 spiro atoms. The van der Waals surface area contributed by atoms with Gasteiger partial charge in [-0.25, -0.2) is 0 Å². The van der Waals surface area contributed by atoms with E-state index in [-0.39, 0.29) is 40.0 Å². The minimum absolute atomic E-state index is 0.00700. The van der Waals surface area contributed by atoms with Gasteiger partial charge in [-0.2, -0.15) is 13.2 Å². The summed E-state index contributed by atoms with van der Waals surface area (Å²) >= 11 is 0. The van der Waals surface area contributed by atoms with E-state index in [2.05, 4.69) is 0 Å². The Bertz CT molecular complexity index is 1820.